The topological polar surface area (TPSA) is 79.4 Å². The Labute approximate surface area is 198 Å². The number of hydrogen-bond acceptors (Lipinski definition) is 5. The summed E-state index contributed by atoms with van der Waals surface area (Å²) in [6.45, 7) is -0.357. The van der Waals surface area contributed by atoms with Gasteiger partial charge in [0.25, 0.3) is 11.8 Å². The number of benzene rings is 3. The van der Waals surface area contributed by atoms with Gasteiger partial charge in [-0.25, -0.2) is 4.98 Å². The molecule has 1 aromatic heterocycles. The molecule has 0 saturated carbocycles. The van der Waals surface area contributed by atoms with Crippen LogP contribution in [0.25, 0.3) is 21.8 Å². The smallest absolute Gasteiger partial charge is 0.262 e. The molecule has 6 nitrogen and oxygen atoms in total. The molecule has 0 unspecified atom stereocenters. The van der Waals surface area contributed by atoms with Crippen LogP contribution in [0.5, 0.6) is 0 Å². The van der Waals surface area contributed by atoms with E-state index in [-0.39, 0.29) is 6.54 Å². The number of carbonyl (C=O) groups is 3. The first-order valence-corrected chi connectivity index (χ1v) is 11.3. The second-order valence-electron chi connectivity index (χ2n) is 7.39. The minimum Gasteiger partial charge on any atom is -0.325 e. The monoisotopic (exact) mass is 473 g/mol. The maximum atomic E-state index is 12.6. The summed E-state index contributed by atoms with van der Waals surface area (Å²) in [5.74, 6) is -1.39. The van der Waals surface area contributed by atoms with Crippen molar-refractivity contribution in [3.63, 3.8) is 0 Å². The summed E-state index contributed by atoms with van der Waals surface area (Å²) < 4.78 is 0. The van der Waals surface area contributed by atoms with Gasteiger partial charge in [-0.15, -0.1) is 11.3 Å². The van der Waals surface area contributed by atoms with Gasteiger partial charge in [-0.05, 0) is 30.3 Å². The predicted molar refractivity (Wildman–Crippen MR) is 128 cm³/mol. The summed E-state index contributed by atoms with van der Waals surface area (Å²) in [6.07, 6.45) is 0. The van der Waals surface area contributed by atoms with E-state index in [9.17, 15) is 14.4 Å². The van der Waals surface area contributed by atoms with Crippen molar-refractivity contribution >= 4 is 46.3 Å². The lowest BCUT2D eigenvalue weighted by Crippen LogP contribution is -2.37. The van der Waals surface area contributed by atoms with Gasteiger partial charge in [0.2, 0.25) is 5.91 Å². The lowest BCUT2D eigenvalue weighted by molar-refractivity contribution is -0.116. The van der Waals surface area contributed by atoms with Crippen LogP contribution in [0.1, 0.15) is 20.7 Å². The van der Waals surface area contributed by atoms with E-state index in [0.717, 1.165) is 26.7 Å². The van der Waals surface area contributed by atoms with Crippen LogP contribution in [0.15, 0.2) is 78.2 Å². The summed E-state index contributed by atoms with van der Waals surface area (Å²) in [6, 6.07) is 21.3. The Morgan fingerprint density at radius 3 is 2.27 bits per heavy atom. The van der Waals surface area contributed by atoms with E-state index >= 15 is 0 Å². The maximum Gasteiger partial charge on any atom is 0.262 e. The average molecular weight is 474 g/mol. The first-order chi connectivity index (χ1) is 16.0. The molecular formula is C25H16ClN3O3S. The number of anilines is 1. The summed E-state index contributed by atoms with van der Waals surface area (Å²) >= 11 is 7.77. The third kappa shape index (κ3) is 4.04. The molecule has 1 N–H and O–H groups in total. The van der Waals surface area contributed by atoms with E-state index < -0.39 is 17.7 Å². The summed E-state index contributed by atoms with van der Waals surface area (Å²) in [5, 5.41) is 6.13. The fraction of sp³-hybridized carbons (Fsp3) is 0.0400. The highest BCUT2D eigenvalue weighted by Gasteiger charge is 2.36. The molecule has 3 amide bonds. The van der Waals surface area contributed by atoms with Gasteiger partial charge in [-0.2, -0.15) is 0 Å². The molecule has 33 heavy (non-hydrogen) atoms. The van der Waals surface area contributed by atoms with Crippen LogP contribution in [0, 0.1) is 0 Å². The zero-order valence-corrected chi connectivity index (χ0v) is 18.7. The van der Waals surface area contributed by atoms with E-state index in [1.54, 1.807) is 36.4 Å². The number of imide groups is 1. The van der Waals surface area contributed by atoms with Crippen molar-refractivity contribution in [3.8, 4) is 21.8 Å². The first kappa shape index (κ1) is 21.1. The molecule has 0 radical (unpaired) electrons. The fourth-order valence-electron chi connectivity index (χ4n) is 3.65. The molecule has 0 spiro atoms. The van der Waals surface area contributed by atoms with Gasteiger partial charge >= 0.3 is 0 Å². The van der Waals surface area contributed by atoms with E-state index in [0.29, 0.717) is 21.8 Å². The molecule has 4 aromatic rings. The van der Waals surface area contributed by atoms with Gasteiger partial charge < -0.3 is 5.32 Å². The van der Waals surface area contributed by atoms with Crippen molar-refractivity contribution in [1.29, 1.82) is 0 Å². The number of halogens is 1. The van der Waals surface area contributed by atoms with Crippen LogP contribution >= 0.6 is 22.9 Å². The highest BCUT2D eigenvalue weighted by atomic mass is 35.5. The molecule has 1 aliphatic heterocycles. The van der Waals surface area contributed by atoms with E-state index in [1.165, 1.54) is 11.3 Å². The lowest BCUT2D eigenvalue weighted by Gasteiger charge is -2.14. The standard InChI is InChI=1S/C25H16ClN3O3S/c26-20-11-4-3-10-19(20)23-28-21(14-33-23)15-6-5-7-16(12-15)27-22(30)13-29-24(31)17-8-1-2-9-18(17)25(29)32/h1-12,14H,13H2,(H,27,30). The highest BCUT2D eigenvalue weighted by molar-refractivity contribution is 7.13. The Morgan fingerprint density at radius 2 is 1.58 bits per heavy atom. The minimum atomic E-state index is -0.464. The molecule has 3 aromatic carbocycles. The van der Waals surface area contributed by atoms with Crippen LogP contribution in [0.2, 0.25) is 5.02 Å². The Kier molecular flexibility index (Phi) is 5.50. The zero-order valence-electron chi connectivity index (χ0n) is 17.1. The molecule has 1 aliphatic rings. The van der Waals surface area contributed by atoms with Crippen molar-refractivity contribution in [2.45, 2.75) is 0 Å². The molecule has 5 rings (SSSR count). The second-order valence-corrected chi connectivity index (χ2v) is 8.65. The SMILES string of the molecule is O=C(CN1C(=O)c2ccccc2C1=O)Nc1cccc(-c2csc(-c3ccccc3Cl)n2)c1. The molecular weight excluding hydrogens is 458 g/mol. The zero-order chi connectivity index (χ0) is 22.9. The third-order valence-corrected chi connectivity index (χ3v) is 6.44. The number of thiazole rings is 1. The van der Waals surface area contributed by atoms with Gasteiger partial charge in [-0.1, -0.05) is 54.1 Å². The third-order valence-electron chi connectivity index (χ3n) is 5.23. The Bertz CT molecular complexity index is 1380. The molecule has 0 saturated heterocycles. The normalized spacial score (nSPS) is 12.7. The largest absolute Gasteiger partial charge is 0.325 e. The lowest BCUT2D eigenvalue weighted by atomic mass is 10.1. The summed E-state index contributed by atoms with van der Waals surface area (Å²) in [7, 11) is 0. The first-order valence-electron chi connectivity index (χ1n) is 10.1. The van der Waals surface area contributed by atoms with Crippen LogP contribution < -0.4 is 5.32 Å². The van der Waals surface area contributed by atoms with Crippen LogP contribution in [-0.2, 0) is 4.79 Å². The number of rotatable bonds is 5. The molecule has 2 heterocycles. The van der Waals surface area contributed by atoms with Gasteiger partial charge in [0, 0.05) is 22.2 Å². The maximum absolute atomic E-state index is 12.6. The van der Waals surface area contributed by atoms with Gasteiger partial charge in [-0.3, -0.25) is 19.3 Å². The number of nitrogens with zero attached hydrogens (tertiary/aromatic N) is 2. The van der Waals surface area contributed by atoms with Crippen LogP contribution in [-0.4, -0.2) is 34.2 Å². The van der Waals surface area contributed by atoms with Crippen molar-refractivity contribution < 1.29 is 14.4 Å². The summed E-state index contributed by atoms with van der Waals surface area (Å²) in [4.78, 5) is 43.2. The molecule has 162 valence electrons. The minimum absolute atomic E-state index is 0.315. The average Bonchev–Trinajstić information content (AvgIpc) is 3.40. The van der Waals surface area contributed by atoms with Crippen molar-refractivity contribution in [2.24, 2.45) is 0 Å². The van der Waals surface area contributed by atoms with Gasteiger partial charge in [0.1, 0.15) is 11.6 Å². The Morgan fingerprint density at radius 1 is 0.909 bits per heavy atom. The summed E-state index contributed by atoms with van der Waals surface area (Å²) in [5.41, 5.74) is 3.61. The van der Waals surface area contributed by atoms with E-state index in [2.05, 4.69) is 10.3 Å². The molecule has 0 bridgehead atoms. The van der Waals surface area contributed by atoms with E-state index in [4.69, 9.17) is 11.6 Å². The second kappa shape index (κ2) is 8.61. The molecule has 0 aliphatic carbocycles. The highest BCUT2D eigenvalue weighted by Crippen LogP contribution is 2.33. The molecule has 8 heteroatoms. The quantitative estimate of drug-likeness (QED) is 0.395. The van der Waals surface area contributed by atoms with E-state index in [1.807, 2.05) is 41.8 Å². The molecule has 0 fully saturated rings. The number of aromatic nitrogens is 1. The Hall–Kier alpha value is -3.81. The van der Waals surface area contributed by atoms with Crippen molar-refractivity contribution in [2.75, 3.05) is 11.9 Å². The fourth-order valence-corrected chi connectivity index (χ4v) is 4.80. The van der Waals surface area contributed by atoms with Crippen LogP contribution in [0.3, 0.4) is 0 Å². The molecule has 0 atom stereocenters. The van der Waals surface area contributed by atoms with Crippen LogP contribution in [0.4, 0.5) is 5.69 Å². The Balaban J connectivity index is 1.31. The predicted octanol–water partition coefficient (Wildman–Crippen LogP) is 5.37. The number of nitrogens with one attached hydrogen (secondary N) is 1. The van der Waals surface area contributed by atoms with Crippen molar-refractivity contribution in [1.82, 2.24) is 9.88 Å². The van der Waals surface area contributed by atoms with Gasteiger partial charge in [0.15, 0.2) is 0 Å². The number of hydrogen-bond donors (Lipinski definition) is 1. The van der Waals surface area contributed by atoms with Crippen molar-refractivity contribution in [3.05, 3.63) is 94.3 Å². The number of fused-ring (bicyclic) bond motifs is 1. The number of amides is 3. The number of carbonyl (C=O) groups excluding carboxylic acids is 3. The van der Waals surface area contributed by atoms with Gasteiger partial charge in [0.05, 0.1) is 21.8 Å².